The molecule has 0 bridgehead atoms. The van der Waals surface area contributed by atoms with Crippen LogP contribution in [-0.4, -0.2) is 46.2 Å². The van der Waals surface area contributed by atoms with Gasteiger partial charge in [0.1, 0.15) is 16.6 Å². The third kappa shape index (κ3) is 4.76. The first-order valence-electron chi connectivity index (χ1n) is 10.8. The lowest BCUT2D eigenvalue weighted by Gasteiger charge is -2.13. The zero-order valence-electron chi connectivity index (χ0n) is 20.1. The van der Waals surface area contributed by atoms with E-state index in [1.807, 2.05) is 0 Å². The number of pyridine rings is 3. The lowest BCUT2D eigenvalue weighted by molar-refractivity contribution is 0.0694. The van der Waals surface area contributed by atoms with E-state index >= 15 is 0 Å². The molecule has 3 heterocycles. The third-order valence-corrected chi connectivity index (χ3v) is 5.45. The van der Waals surface area contributed by atoms with Crippen LogP contribution in [0.25, 0.3) is 11.0 Å². The van der Waals surface area contributed by atoms with Gasteiger partial charge in [-0.2, -0.15) is 0 Å². The fourth-order valence-corrected chi connectivity index (χ4v) is 3.76. The first kappa shape index (κ1) is 25.1. The molecule has 3 aromatic heterocycles. The van der Waals surface area contributed by atoms with Crippen molar-refractivity contribution < 1.29 is 33.3 Å². The van der Waals surface area contributed by atoms with E-state index in [2.05, 4.69) is 20.3 Å². The largest absolute Gasteiger partial charge is 0.491 e. The summed E-state index contributed by atoms with van der Waals surface area (Å²) >= 11 is 0. The normalized spacial score (nSPS) is 10.7. The molecule has 0 saturated carbocycles. The van der Waals surface area contributed by atoms with E-state index in [-0.39, 0.29) is 40.0 Å². The van der Waals surface area contributed by atoms with Gasteiger partial charge in [0.25, 0.3) is 11.8 Å². The van der Waals surface area contributed by atoms with Crippen LogP contribution >= 0.6 is 0 Å². The molecule has 0 spiro atoms. The van der Waals surface area contributed by atoms with Crippen molar-refractivity contribution in [2.75, 3.05) is 19.5 Å². The summed E-state index contributed by atoms with van der Waals surface area (Å²) in [5.41, 5.74) is -0.819. The number of methoxy groups -OCH3 is 2. The van der Waals surface area contributed by atoms with Crippen LogP contribution in [0.15, 0.2) is 41.3 Å². The van der Waals surface area contributed by atoms with Crippen LogP contribution in [-0.2, 0) is 0 Å². The number of benzene rings is 1. The molecule has 0 aliphatic heterocycles. The summed E-state index contributed by atoms with van der Waals surface area (Å²) < 4.78 is 31.1. The van der Waals surface area contributed by atoms with Crippen LogP contribution in [0.3, 0.4) is 0 Å². The van der Waals surface area contributed by atoms with Crippen molar-refractivity contribution in [3.05, 3.63) is 75.1 Å². The molecule has 0 saturated heterocycles. The number of carbonyl (C=O) groups is 2. The fraction of sp³-hybridized carbons (Fsp3) is 0.160. The van der Waals surface area contributed by atoms with Gasteiger partial charge < -0.3 is 29.6 Å². The number of hydrogen-bond donors (Lipinski definition) is 3. The standard InChI is InChI=1S/C25H21FN4O7/c1-11-19(22(31)20(25(33)34)12(2)28-11)23(32)29-13-5-6-16(14(26)9-13)37-17-7-8-27-15-10-18(35-3)24(36-4)30-21(15)17/h5-10H,1-4H3,(H,28,31)(H,29,32)(H,33,34). The number of aromatic nitrogens is 3. The molecule has 3 N–H and O–H groups in total. The minimum absolute atomic E-state index is 0.0233. The Balaban J connectivity index is 1.62. The van der Waals surface area contributed by atoms with Crippen LogP contribution in [0.2, 0.25) is 0 Å². The quantitative estimate of drug-likeness (QED) is 0.338. The molecule has 1 amide bonds. The van der Waals surface area contributed by atoms with Gasteiger partial charge in [0.2, 0.25) is 5.43 Å². The van der Waals surface area contributed by atoms with Crippen LogP contribution in [0.5, 0.6) is 23.1 Å². The minimum Gasteiger partial charge on any atom is -0.491 e. The van der Waals surface area contributed by atoms with E-state index in [1.165, 1.54) is 52.5 Å². The molecule has 12 heteroatoms. The van der Waals surface area contributed by atoms with Crippen molar-refractivity contribution in [1.82, 2.24) is 15.0 Å². The topological polar surface area (TPSA) is 153 Å². The highest BCUT2D eigenvalue weighted by Gasteiger charge is 2.23. The minimum atomic E-state index is -1.46. The number of halogens is 1. The highest BCUT2D eigenvalue weighted by atomic mass is 19.1. The number of nitrogens with zero attached hydrogens (tertiary/aromatic N) is 2. The number of amides is 1. The van der Waals surface area contributed by atoms with Gasteiger partial charge in [0.05, 0.1) is 19.7 Å². The van der Waals surface area contributed by atoms with Gasteiger partial charge in [-0.05, 0) is 26.0 Å². The summed E-state index contributed by atoms with van der Waals surface area (Å²) in [5.74, 6) is -2.58. The lowest BCUT2D eigenvalue weighted by Crippen LogP contribution is -2.29. The number of rotatable bonds is 7. The van der Waals surface area contributed by atoms with Gasteiger partial charge in [-0.1, -0.05) is 0 Å². The number of aryl methyl sites for hydroxylation is 2. The average Bonchev–Trinajstić information content (AvgIpc) is 2.84. The molecular weight excluding hydrogens is 487 g/mol. The van der Waals surface area contributed by atoms with E-state index in [1.54, 1.807) is 6.07 Å². The average molecular weight is 508 g/mol. The number of ether oxygens (including phenoxy) is 3. The molecule has 0 unspecified atom stereocenters. The molecule has 0 aliphatic rings. The first-order chi connectivity index (χ1) is 17.6. The van der Waals surface area contributed by atoms with Crippen molar-refractivity contribution in [2.24, 2.45) is 0 Å². The molecule has 11 nitrogen and oxygen atoms in total. The van der Waals surface area contributed by atoms with E-state index in [4.69, 9.17) is 14.2 Å². The monoisotopic (exact) mass is 508 g/mol. The number of hydrogen-bond acceptors (Lipinski definition) is 8. The van der Waals surface area contributed by atoms with E-state index in [0.717, 1.165) is 6.07 Å². The number of nitrogens with one attached hydrogen (secondary N) is 2. The molecule has 1 aromatic carbocycles. The van der Waals surface area contributed by atoms with Gasteiger partial charge in [-0.25, -0.2) is 14.2 Å². The van der Waals surface area contributed by atoms with Crippen molar-refractivity contribution in [3.8, 4) is 23.1 Å². The Morgan fingerprint density at radius 3 is 2.38 bits per heavy atom. The summed E-state index contributed by atoms with van der Waals surface area (Å²) in [6.07, 6.45) is 1.46. The molecule has 0 radical (unpaired) electrons. The Labute approximate surface area is 208 Å². The summed E-state index contributed by atoms with van der Waals surface area (Å²) in [6.45, 7) is 2.88. The van der Waals surface area contributed by atoms with Gasteiger partial charge in [-0.15, -0.1) is 0 Å². The lowest BCUT2D eigenvalue weighted by atomic mass is 10.1. The maximum Gasteiger partial charge on any atom is 0.341 e. The zero-order valence-corrected chi connectivity index (χ0v) is 20.1. The second kappa shape index (κ2) is 9.93. The second-order valence-corrected chi connectivity index (χ2v) is 7.84. The Kier molecular flexibility index (Phi) is 6.74. The Morgan fingerprint density at radius 2 is 1.73 bits per heavy atom. The number of anilines is 1. The highest BCUT2D eigenvalue weighted by Crippen LogP contribution is 2.35. The van der Waals surface area contributed by atoms with E-state index in [0.29, 0.717) is 16.8 Å². The zero-order chi connectivity index (χ0) is 26.9. The number of aromatic carboxylic acids is 1. The van der Waals surface area contributed by atoms with Crippen molar-refractivity contribution in [3.63, 3.8) is 0 Å². The highest BCUT2D eigenvalue weighted by molar-refractivity contribution is 6.06. The third-order valence-electron chi connectivity index (χ3n) is 5.45. The van der Waals surface area contributed by atoms with Crippen molar-refractivity contribution in [2.45, 2.75) is 13.8 Å². The number of aromatic amines is 1. The van der Waals surface area contributed by atoms with Crippen LogP contribution in [0.4, 0.5) is 10.1 Å². The Hall–Kier alpha value is -5.00. The number of carboxylic acids is 1. The molecule has 190 valence electrons. The van der Waals surface area contributed by atoms with Gasteiger partial charge >= 0.3 is 5.97 Å². The summed E-state index contributed by atoms with van der Waals surface area (Å²) in [6, 6.07) is 6.76. The van der Waals surface area contributed by atoms with Gasteiger partial charge in [0.15, 0.2) is 23.1 Å². The molecular formula is C25H21FN4O7. The molecule has 37 heavy (non-hydrogen) atoms. The Bertz CT molecular complexity index is 1620. The summed E-state index contributed by atoms with van der Waals surface area (Å²) in [7, 11) is 2.89. The molecule has 4 aromatic rings. The summed E-state index contributed by atoms with van der Waals surface area (Å²) in [5, 5.41) is 11.7. The number of H-pyrrole nitrogens is 1. The number of carbonyl (C=O) groups excluding carboxylic acids is 1. The Morgan fingerprint density at radius 1 is 1.00 bits per heavy atom. The molecule has 0 aliphatic carbocycles. The predicted molar refractivity (Wildman–Crippen MR) is 131 cm³/mol. The number of carboxylic acid groups (broad SMARTS) is 1. The maximum atomic E-state index is 14.9. The first-order valence-corrected chi connectivity index (χ1v) is 10.8. The van der Waals surface area contributed by atoms with Crippen molar-refractivity contribution in [1.29, 1.82) is 0 Å². The van der Waals surface area contributed by atoms with Crippen LogP contribution in [0.1, 0.15) is 32.1 Å². The van der Waals surface area contributed by atoms with Gasteiger partial charge in [0, 0.05) is 41.5 Å². The summed E-state index contributed by atoms with van der Waals surface area (Å²) in [4.78, 5) is 48.1. The van der Waals surface area contributed by atoms with E-state index < -0.39 is 28.7 Å². The maximum absolute atomic E-state index is 14.9. The van der Waals surface area contributed by atoms with Crippen molar-refractivity contribution >= 4 is 28.6 Å². The fourth-order valence-electron chi connectivity index (χ4n) is 3.76. The SMILES string of the molecule is COc1cc2nccc(Oc3ccc(NC(=O)c4c(C)[nH]c(C)c(C(=O)O)c4=O)cc3F)c2nc1OC. The number of fused-ring (bicyclic) bond motifs is 1. The smallest absolute Gasteiger partial charge is 0.341 e. The molecule has 0 fully saturated rings. The predicted octanol–water partition coefficient (Wildman–Crippen LogP) is 3.83. The second-order valence-electron chi connectivity index (χ2n) is 7.84. The van der Waals surface area contributed by atoms with E-state index in [9.17, 15) is 23.9 Å². The molecule has 4 rings (SSSR count). The van der Waals surface area contributed by atoms with Crippen LogP contribution < -0.4 is 25.0 Å². The van der Waals surface area contributed by atoms with Gasteiger partial charge in [-0.3, -0.25) is 14.6 Å². The van der Waals surface area contributed by atoms with Crippen LogP contribution in [0, 0.1) is 19.7 Å². The molecule has 0 atom stereocenters.